The molecule has 0 aromatic heterocycles. The molecule has 0 heterocycles. The van der Waals surface area contributed by atoms with Crippen molar-refractivity contribution in [2.45, 2.75) is 64.6 Å². The van der Waals surface area contributed by atoms with Gasteiger partial charge >= 0.3 is 0 Å². The van der Waals surface area contributed by atoms with Gasteiger partial charge in [-0.25, -0.2) is 8.42 Å². The topological polar surface area (TPSA) is 86.8 Å². The van der Waals surface area contributed by atoms with Gasteiger partial charge in [-0.15, -0.1) is 0 Å². The minimum atomic E-state index is -4.22. The van der Waals surface area contributed by atoms with E-state index < -0.39 is 28.5 Å². The van der Waals surface area contributed by atoms with Crippen molar-refractivity contribution in [3.05, 3.63) is 92.4 Å². The quantitative estimate of drug-likeness (QED) is 0.251. The van der Waals surface area contributed by atoms with Crippen molar-refractivity contribution in [1.82, 2.24) is 10.2 Å². The SMILES string of the molecule is CC[C@@H](C(=O)NC(C)C)N(Cc1c(Cl)cccc1Cl)C(=O)CN(c1ccc(C)c(C)c1)S(=O)(=O)c1ccc(Cl)cc1. The molecule has 0 fully saturated rings. The number of hydrogen-bond donors (Lipinski definition) is 1. The van der Waals surface area contributed by atoms with Gasteiger partial charge in [0.2, 0.25) is 11.8 Å². The summed E-state index contributed by atoms with van der Waals surface area (Å²) in [6, 6.07) is 14.8. The predicted molar refractivity (Wildman–Crippen MR) is 166 cm³/mol. The van der Waals surface area contributed by atoms with Crippen molar-refractivity contribution in [3.63, 3.8) is 0 Å². The van der Waals surface area contributed by atoms with E-state index in [0.29, 0.717) is 26.3 Å². The Balaban J connectivity index is 2.13. The van der Waals surface area contributed by atoms with Crippen LogP contribution in [0.1, 0.15) is 43.9 Å². The number of hydrogen-bond acceptors (Lipinski definition) is 4. The van der Waals surface area contributed by atoms with Crippen molar-refractivity contribution in [2.24, 2.45) is 0 Å². The van der Waals surface area contributed by atoms with Gasteiger partial charge < -0.3 is 10.2 Å². The highest BCUT2D eigenvalue weighted by Gasteiger charge is 2.34. The van der Waals surface area contributed by atoms with E-state index in [-0.39, 0.29) is 29.8 Å². The van der Waals surface area contributed by atoms with Crippen molar-refractivity contribution >= 4 is 62.3 Å². The largest absolute Gasteiger partial charge is 0.352 e. The summed E-state index contributed by atoms with van der Waals surface area (Å²) in [4.78, 5) is 28.7. The lowest BCUT2D eigenvalue weighted by atomic mass is 10.1. The van der Waals surface area contributed by atoms with Crippen LogP contribution in [0.2, 0.25) is 15.1 Å². The van der Waals surface area contributed by atoms with Crippen LogP contribution >= 0.6 is 34.8 Å². The van der Waals surface area contributed by atoms with Gasteiger partial charge in [-0.3, -0.25) is 13.9 Å². The van der Waals surface area contributed by atoms with E-state index in [1.54, 1.807) is 43.3 Å². The summed E-state index contributed by atoms with van der Waals surface area (Å²) in [7, 11) is -4.22. The molecule has 0 aliphatic rings. The number of carbonyl (C=O) groups is 2. The van der Waals surface area contributed by atoms with Gasteiger partial charge in [0, 0.05) is 33.2 Å². The second kappa shape index (κ2) is 13.9. The summed E-state index contributed by atoms with van der Waals surface area (Å²) in [6.07, 6.45) is 0.278. The molecule has 0 unspecified atom stereocenters. The molecule has 0 saturated carbocycles. The van der Waals surface area contributed by atoms with Crippen LogP contribution in [-0.2, 0) is 26.2 Å². The summed E-state index contributed by atoms with van der Waals surface area (Å²) >= 11 is 18.9. The van der Waals surface area contributed by atoms with E-state index in [2.05, 4.69) is 5.32 Å². The number of amides is 2. The van der Waals surface area contributed by atoms with Crippen LogP contribution in [0, 0.1) is 13.8 Å². The molecule has 0 radical (unpaired) electrons. The second-order valence-corrected chi connectivity index (χ2v) is 13.2. The summed E-state index contributed by atoms with van der Waals surface area (Å²) in [5.41, 5.74) is 2.59. The molecule has 3 rings (SSSR count). The number of nitrogens with one attached hydrogen (secondary N) is 1. The molecule has 0 aliphatic heterocycles. The van der Waals surface area contributed by atoms with E-state index >= 15 is 0 Å². The minimum absolute atomic E-state index is 0.0294. The van der Waals surface area contributed by atoms with Crippen molar-refractivity contribution in [3.8, 4) is 0 Å². The summed E-state index contributed by atoms with van der Waals surface area (Å²) in [5, 5.41) is 3.89. The van der Waals surface area contributed by atoms with E-state index in [0.717, 1.165) is 15.4 Å². The summed E-state index contributed by atoms with van der Waals surface area (Å²) in [6.45, 7) is 8.54. The lowest BCUT2D eigenvalue weighted by molar-refractivity contribution is -0.140. The average molecular weight is 639 g/mol. The van der Waals surface area contributed by atoms with Crippen LogP contribution in [0.5, 0.6) is 0 Å². The molecule has 0 aliphatic carbocycles. The Hall–Kier alpha value is -2.78. The van der Waals surface area contributed by atoms with Gasteiger partial charge in [0.15, 0.2) is 0 Å². The number of anilines is 1. The molecule has 1 N–H and O–H groups in total. The zero-order valence-corrected chi connectivity index (χ0v) is 26.7. The number of aryl methyl sites for hydroxylation is 2. The Morgan fingerprint density at radius 2 is 1.51 bits per heavy atom. The average Bonchev–Trinajstić information content (AvgIpc) is 2.90. The van der Waals surface area contributed by atoms with Gasteiger partial charge in [0.25, 0.3) is 10.0 Å². The summed E-state index contributed by atoms with van der Waals surface area (Å²) in [5.74, 6) is -0.958. The van der Waals surface area contributed by atoms with Crippen LogP contribution in [0.25, 0.3) is 0 Å². The van der Waals surface area contributed by atoms with E-state index in [9.17, 15) is 18.0 Å². The number of carbonyl (C=O) groups excluding carboxylic acids is 2. The monoisotopic (exact) mass is 637 g/mol. The minimum Gasteiger partial charge on any atom is -0.352 e. The van der Waals surface area contributed by atoms with Crippen LogP contribution in [0.15, 0.2) is 65.6 Å². The molecular weight excluding hydrogens is 605 g/mol. The molecule has 0 saturated heterocycles. The van der Waals surface area contributed by atoms with Gasteiger partial charge in [0.05, 0.1) is 10.6 Å². The Kier molecular flexibility index (Phi) is 11.1. The second-order valence-electron chi connectivity index (χ2n) is 10.0. The number of halogens is 3. The van der Waals surface area contributed by atoms with Crippen molar-refractivity contribution in [2.75, 3.05) is 10.8 Å². The molecule has 3 aromatic rings. The summed E-state index contributed by atoms with van der Waals surface area (Å²) < 4.78 is 29.0. The number of nitrogens with zero attached hydrogens (tertiary/aromatic N) is 2. The molecule has 41 heavy (non-hydrogen) atoms. The maximum Gasteiger partial charge on any atom is 0.264 e. The van der Waals surface area contributed by atoms with Crippen molar-refractivity contribution in [1.29, 1.82) is 0 Å². The lowest BCUT2D eigenvalue weighted by Gasteiger charge is -2.34. The Bertz CT molecular complexity index is 1490. The normalized spacial score (nSPS) is 12.2. The highest BCUT2D eigenvalue weighted by Crippen LogP contribution is 2.30. The van der Waals surface area contributed by atoms with E-state index in [4.69, 9.17) is 34.8 Å². The smallest absolute Gasteiger partial charge is 0.264 e. The zero-order chi connectivity index (χ0) is 30.5. The molecule has 7 nitrogen and oxygen atoms in total. The first kappa shape index (κ1) is 32.7. The Labute approximate surface area is 257 Å². The maximum absolute atomic E-state index is 14.2. The fraction of sp³-hybridized carbons (Fsp3) is 0.333. The first-order valence-corrected chi connectivity index (χ1v) is 15.7. The first-order chi connectivity index (χ1) is 19.3. The molecule has 0 bridgehead atoms. The molecule has 220 valence electrons. The van der Waals surface area contributed by atoms with Gasteiger partial charge in [-0.1, -0.05) is 53.9 Å². The van der Waals surface area contributed by atoms with E-state index in [1.807, 2.05) is 27.7 Å². The third-order valence-electron chi connectivity index (χ3n) is 6.67. The number of sulfonamides is 1. The standard InChI is InChI=1S/C30H34Cl3N3O4S/c1-6-28(30(38)34-19(2)3)35(17-25-26(32)8-7-9-27(25)33)29(37)18-36(23-13-10-20(4)21(5)16-23)41(39,40)24-14-11-22(31)12-15-24/h7-16,19,28H,6,17-18H2,1-5H3,(H,34,38)/t28-/m0/s1. The van der Waals surface area contributed by atoms with Crippen LogP contribution in [0.3, 0.4) is 0 Å². The highest BCUT2D eigenvalue weighted by molar-refractivity contribution is 7.92. The van der Waals surface area contributed by atoms with Crippen LogP contribution in [0.4, 0.5) is 5.69 Å². The zero-order valence-electron chi connectivity index (χ0n) is 23.6. The molecule has 1 atom stereocenters. The third kappa shape index (κ3) is 7.95. The molecular formula is C30H34Cl3N3O4S. The van der Waals surface area contributed by atoms with Crippen molar-refractivity contribution < 1.29 is 18.0 Å². The molecule has 2 amide bonds. The first-order valence-electron chi connectivity index (χ1n) is 13.1. The fourth-order valence-corrected chi connectivity index (χ4v) is 6.35. The number of benzene rings is 3. The molecule has 0 spiro atoms. The van der Waals surface area contributed by atoms with Crippen LogP contribution < -0.4 is 9.62 Å². The third-order valence-corrected chi connectivity index (χ3v) is 9.41. The van der Waals surface area contributed by atoms with E-state index in [1.165, 1.54) is 29.2 Å². The van der Waals surface area contributed by atoms with Gasteiger partial charge in [-0.05, 0) is 93.8 Å². The predicted octanol–water partition coefficient (Wildman–Crippen LogP) is 6.79. The Morgan fingerprint density at radius 3 is 2.05 bits per heavy atom. The number of rotatable bonds is 11. The van der Waals surface area contributed by atoms with Gasteiger partial charge in [0.1, 0.15) is 12.6 Å². The molecule has 3 aromatic carbocycles. The van der Waals surface area contributed by atoms with Gasteiger partial charge in [-0.2, -0.15) is 0 Å². The highest BCUT2D eigenvalue weighted by atomic mass is 35.5. The maximum atomic E-state index is 14.2. The van der Waals surface area contributed by atoms with Crippen LogP contribution in [-0.4, -0.2) is 43.8 Å². The Morgan fingerprint density at radius 1 is 0.902 bits per heavy atom. The lowest BCUT2D eigenvalue weighted by Crippen LogP contribution is -2.53. The molecule has 11 heteroatoms. The fourth-order valence-electron chi connectivity index (χ4n) is 4.30.